The molecule has 2 atom stereocenters. The van der Waals surface area contributed by atoms with E-state index < -0.39 is 12.1 Å². The highest BCUT2D eigenvalue weighted by atomic mass is 32.2. The molecule has 0 spiro atoms. The predicted octanol–water partition coefficient (Wildman–Crippen LogP) is 6.44. The van der Waals surface area contributed by atoms with Crippen LogP contribution in [0.25, 0.3) is 11.1 Å². The number of aryl methyl sites for hydroxylation is 2. The van der Waals surface area contributed by atoms with E-state index in [1.807, 2.05) is 43.3 Å². The van der Waals surface area contributed by atoms with Crippen LogP contribution in [0.2, 0.25) is 0 Å². The first-order chi connectivity index (χ1) is 17.5. The lowest BCUT2D eigenvalue weighted by atomic mass is 9.94. The maximum Gasteiger partial charge on any atom is 0.335 e. The van der Waals surface area contributed by atoms with Crippen molar-refractivity contribution in [1.29, 1.82) is 0 Å². The van der Waals surface area contributed by atoms with Gasteiger partial charge in [0, 0.05) is 17.0 Å². The summed E-state index contributed by atoms with van der Waals surface area (Å²) in [7, 11) is 0. The monoisotopic (exact) mass is 521 g/mol. The van der Waals surface area contributed by atoms with Crippen LogP contribution in [0, 0.1) is 13.8 Å². The van der Waals surface area contributed by atoms with Gasteiger partial charge >= 0.3 is 5.97 Å². The van der Waals surface area contributed by atoms with Crippen molar-refractivity contribution in [3.8, 4) is 11.1 Å². The van der Waals surface area contributed by atoms with Crippen LogP contribution < -0.4 is 5.32 Å². The van der Waals surface area contributed by atoms with Gasteiger partial charge < -0.3 is 20.3 Å². The number of β-amino-alcohol motifs (C(OH)–C–C–N with tert-alkyl or cyclic N) is 1. The number of rotatable bonds is 12. The van der Waals surface area contributed by atoms with Crippen molar-refractivity contribution in [2.75, 3.05) is 19.4 Å². The van der Waals surface area contributed by atoms with E-state index >= 15 is 0 Å². The largest absolute Gasteiger partial charge is 0.478 e. The Morgan fingerprint density at radius 3 is 2.43 bits per heavy atom. The number of carbonyl (C=O) groups is 1. The minimum atomic E-state index is -0.927. The van der Waals surface area contributed by atoms with Crippen molar-refractivity contribution in [2.24, 2.45) is 0 Å². The van der Waals surface area contributed by atoms with E-state index in [1.165, 1.54) is 16.0 Å². The van der Waals surface area contributed by atoms with E-state index in [0.29, 0.717) is 17.7 Å². The van der Waals surface area contributed by atoms with Gasteiger partial charge in [0.25, 0.3) is 0 Å². The van der Waals surface area contributed by atoms with Gasteiger partial charge in [-0.1, -0.05) is 48.5 Å². The van der Waals surface area contributed by atoms with Gasteiger partial charge in [-0.15, -0.1) is 11.8 Å². The Bertz CT molecular complexity index is 1220. The summed E-state index contributed by atoms with van der Waals surface area (Å²) in [5.74, 6) is -0.927. The summed E-state index contributed by atoms with van der Waals surface area (Å²) >= 11 is 1.76. The van der Waals surface area contributed by atoms with Crippen LogP contribution >= 0.6 is 11.8 Å². The third kappa shape index (κ3) is 7.92. The number of aromatic carboxylic acids is 1. The molecular formula is C31H39NO4S. The summed E-state index contributed by atoms with van der Waals surface area (Å²) in [5, 5.41) is 23.5. The summed E-state index contributed by atoms with van der Waals surface area (Å²) < 4.78 is 6.08. The van der Waals surface area contributed by atoms with Gasteiger partial charge in [-0.25, -0.2) is 4.79 Å². The Kier molecular flexibility index (Phi) is 9.96. The molecule has 0 saturated carbocycles. The highest BCUT2D eigenvalue weighted by Gasteiger charge is 2.21. The molecule has 198 valence electrons. The van der Waals surface area contributed by atoms with Gasteiger partial charge in [0.2, 0.25) is 0 Å². The van der Waals surface area contributed by atoms with Crippen LogP contribution in [0.15, 0.2) is 65.6 Å². The molecule has 5 nitrogen and oxygen atoms in total. The fourth-order valence-corrected chi connectivity index (χ4v) is 5.19. The van der Waals surface area contributed by atoms with Crippen LogP contribution in [0.3, 0.4) is 0 Å². The minimum absolute atomic E-state index is 0.174. The molecule has 6 heteroatoms. The topological polar surface area (TPSA) is 78.8 Å². The van der Waals surface area contributed by atoms with Crippen molar-refractivity contribution in [2.45, 2.75) is 63.7 Å². The predicted molar refractivity (Wildman–Crippen MR) is 153 cm³/mol. The quantitative estimate of drug-likeness (QED) is 0.238. The van der Waals surface area contributed by atoms with Gasteiger partial charge in [-0.05, 0) is 92.8 Å². The first-order valence-electron chi connectivity index (χ1n) is 12.6. The molecule has 3 aromatic carbocycles. The van der Waals surface area contributed by atoms with Gasteiger partial charge in [-0.3, -0.25) is 0 Å². The molecular weight excluding hydrogens is 482 g/mol. The number of carboxylic acid groups (broad SMARTS) is 1. The molecule has 0 aromatic heterocycles. The van der Waals surface area contributed by atoms with Crippen LogP contribution in [0.1, 0.15) is 59.5 Å². The summed E-state index contributed by atoms with van der Waals surface area (Å²) in [6.45, 7) is 10.9. The van der Waals surface area contributed by atoms with Gasteiger partial charge in [-0.2, -0.15) is 0 Å². The van der Waals surface area contributed by atoms with Gasteiger partial charge in [0.15, 0.2) is 0 Å². The van der Waals surface area contributed by atoms with E-state index in [4.69, 9.17) is 4.74 Å². The standard InChI is InChI=1S/C31H39NO4S/c1-20-16-24(12-13-26(20)30(34)35)28-10-8-7-9-27(28)22(3)36-19-25(33)18-32-31(4,5)17-23-11-14-29(37-6)21(2)15-23/h7-16,22,25,32-33H,17-19H2,1-6H3,(H,34,35). The second-order valence-corrected chi connectivity index (χ2v) is 11.1. The smallest absolute Gasteiger partial charge is 0.335 e. The zero-order chi connectivity index (χ0) is 27.2. The van der Waals surface area contributed by atoms with Crippen LogP contribution in [0.4, 0.5) is 0 Å². The Labute approximate surface area is 225 Å². The number of ether oxygens (including phenoxy) is 1. The highest BCUT2D eigenvalue weighted by molar-refractivity contribution is 7.98. The molecule has 37 heavy (non-hydrogen) atoms. The first kappa shape index (κ1) is 28.9. The summed E-state index contributed by atoms with van der Waals surface area (Å²) in [4.78, 5) is 12.7. The number of nitrogens with one attached hydrogen (secondary N) is 1. The average Bonchev–Trinajstić information content (AvgIpc) is 2.85. The number of hydrogen-bond donors (Lipinski definition) is 3. The zero-order valence-electron chi connectivity index (χ0n) is 22.7. The van der Waals surface area contributed by atoms with Crippen molar-refractivity contribution in [3.05, 3.63) is 88.5 Å². The lowest BCUT2D eigenvalue weighted by Gasteiger charge is -2.29. The number of thioether (sulfide) groups is 1. The van der Waals surface area contributed by atoms with Crippen molar-refractivity contribution in [1.82, 2.24) is 5.32 Å². The zero-order valence-corrected chi connectivity index (χ0v) is 23.5. The van der Waals surface area contributed by atoms with Gasteiger partial charge in [0.1, 0.15) is 0 Å². The second kappa shape index (κ2) is 12.7. The van der Waals surface area contributed by atoms with Crippen LogP contribution in [-0.4, -0.2) is 47.2 Å². The number of carboxylic acids is 1. The molecule has 3 aromatic rings. The first-order valence-corrected chi connectivity index (χ1v) is 13.8. The number of benzene rings is 3. The highest BCUT2D eigenvalue weighted by Crippen LogP contribution is 2.31. The number of hydrogen-bond acceptors (Lipinski definition) is 5. The molecule has 2 unspecified atom stereocenters. The third-order valence-electron chi connectivity index (χ3n) is 6.63. The molecule has 0 bridgehead atoms. The maximum atomic E-state index is 11.4. The Balaban J connectivity index is 1.58. The Hall–Kier alpha value is -2.64. The molecule has 0 heterocycles. The molecule has 0 aliphatic carbocycles. The van der Waals surface area contributed by atoms with E-state index in [1.54, 1.807) is 24.8 Å². The molecule has 0 fully saturated rings. The molecule has 0 radical (unpaired) electrons. The molecule has 0 saturated heterocycles. The lowest BCUT2D eigenvalue weighted by molar-refractivity contribution is -0.00397. The van der Waals surface area contributed by atoms with Crippen molar-refractivity contribution in [3.63, 3.8) is 0 Å². The molecule has 3 rings (SSSR count). The normalized spacial score (nSPS) is 13.4. The average molecular weight is 522 g/mol. The Morgan fingerprint density at radius 1 is 1.05 bits per heavy atom. The van der Waals surface area contributed by atoms with Crippen molar-refractivity contribution >= 4 is 17.7 Å². The van der Waals surface area contributed by atoms with Crippen LogP contribution in [-0.2, 0) is 11.2 Å². The van der Waals surface area contributed by atoms with Gasteiger partial charge in [0.05, 0.1) is 24.4 Å². The fraction of sp³-hybridized carbons (Fsp3) is 0.387. The SMILES string of the molecule is CSc1ccc(CC(C)(C)NCC(O)COC(C)c2ccccc2-c2ccc(C(=O)O)c(C)c2)cc1C. The summed E-state index contributed by atoms with van der Waals surface area (Å²) in [6, 6.07) is 19.9. The Morgan fingerprint density at radius 2 is 1.78 bits per heavy atom. The van der Waals surface area contributed by atoms with E-state index in [-0.39, 0.29) is 18.2 Å². The van der Waals surface area contributed by atoms with E-state index in [0.717, 1.165) is 23.1 Å². The second-order valence-electron chi connectivity index (χ2n) is 10.3. The van der Waals surface area contributed by atoms with Crippen LogP contribution in [0.5, 0.6) is 0 Å². The lowest BCUT2D eigenvalue weighted by Crippen LogP contribution is -2.46. The summed E-state index contributed by atoms with van der Waals surface area (Å²) in [6.07, 6.45) is 2.07. The number of aliphatic hydroxyl groups is 1. The maximum absolute atomic E-state index is 11.4. The van der Waals surface area contributed by atoms with Crippen molar-refractivity contribution < 1.29 is 19.7 Å². The van der Waals surface area contributed by atoms with E-state index in [2.05, 4.69) is 50.5 Å². The summed E-state index contributed by atoms with van der Waals surface area (Å²) in [5.41, 5.74) is 6.34. The van der Waals surface area contributed by atoms with E-state index in [9.17, 15) is 15.0 Å². The molecule has 3 N–H and O–H groups in total. The molecule has 0 aliphatic heterocycles. The molecule has 0 amide bonds. The minimum Gasteiger partial charge on any atom is -0.478 e. The number of aliphatic hydroxyl groups excluding tert-OH is 1. The fourth-order valence-electron chi connectivity index (χ4n) is 4.61. The third-order valence-corrected chi connectivity index (χ3v) is 7.52. The molecule has 0 aliphatic rings.